The second-order valence-corrected chi connectivity index (χ2v) is 3.11. The second kappa shape index (κ2) is 3.87. The number of aromatic amines is 1. The Hall–Kier alpha value is -2.61. The number of nitrogens with one attached hydrogen (secondary N) is 1. The standard InChI is InChI=1S/C11H7N3O2/c12-7-8-3-1-2-4-9(8)14-6-5-10(15)13-11(14)16/h1-6H,(H,13,15,16). The zero-order valence-electron chi connectivity index (χ0n) is 8.18. The van der Waals surface area contributed by atoms with Crippen LogP contribution in [-0.4, -0.2) is 9.55 Å². The van der Waals surface area contributed by atoms with Gasteiger partial charge in [0.25, 0.3) is 5.56 Å². The Morgan fingerprint density at radius 3 is 2.62 bits per heavy atom. The molecule has 0 aliphatic carbocycles. The Morgan fingerprint density at radius 2 is 1.94 bits per heavy atom. The zero-order chi connectivity index (χ0) is 11.5. The van der Waals surface area contributed by atoms with Crippen molar-refractivity contribution in [2.45, 2.75) is 0 Å². The molecule has 0 atom stereocenters. The van der Waals surface area contributed by atoms with Crippen LogP contribution in [0.1, 0.15) is 5.56 Å². The maximum Gasteiger partial charge on any atom is 0.332 e. The highest BCUT2D eigenvalue weighted by Crippen LogP contribution is 2.09. The molecule has 0 fully saturated rings. The molecule has 2 aromatic rings. The van der Waals surface area contributed by atoms with E-state index < -0.39 is 11.2 Å². The average molecular weight is 213 g/mol. The smallest absolute Gasteiger partial charge is 0.274 e. The minimum Gasteiger partial charge on any atom is -0.274 e. The van der Waals surface area contributed by atoms with Crippen molar-refractivity contribution in [1.82, 2.24) is 9.55 Å². The lowest BCUT2D eigenvalue weighted by Crippen LogP contribution is -2.27. The van der Waals surface area contributed by atoms with Gasteiger partial charge in [-0.2, -0.15) is 5.26 Å². The first-order chi connectivity index (χ1) is 7.72. The van der Waals surface area contributed by atoms with E-state index in [0.717, 1.165) is 0 Å². The third-order valence-corrected chi connectivity index (χ3v) is 2.11. The van der Waals surface area contributed by atoms with E-state index in [1.165, 1.54) is 16.8 Å². The van der Waals surface area contributed by atoms with E-state index in [0.29, 0.717) is 11.3 Å². The van der Waals surface area contributed by atoms with Crippen LogP contribution in [0.4, 0.5) is 0 Å². The molecule has 78 valence electrons. The largest absolute Gasteiger partial charge is 0.332 e. The van der Waals surface area contributed by atoms with Gasteiger partial charge in [0.2, 0.25) is 0 Å². The summed E-state index contributed by atoms with van der Waals surface area (Å²) in [5, 5.41) is 8.89. The first-order valence-corrected chi connectivity index (χ1v) is 4.54. The van der Waals surface area contributed by atoms with Crippen LogP contribution in [0.5, 0.6) is 0 Å². The van der Waals surface area contributed by atoms with Crippen molar-refractivity contribution in [2.75, 3.05) is 0 Å². The van der Waals surface area contributed by atoms with Gasteiger partial charge in [0.05, 0.1) is 11.3 Å². The van der Waals surface area contributed by atoms with Crippen LogP contribution < -0.4 is 11.2 Å². The summed E-state index contributed by atoms with van der Waals surface area (Å²) in [6.07, 6.45) is 1.34. The number of hydrogen-bond acceptors (Lipinski definition) is 3. The Labute approximate surface area is 90.2 Å². The highest BCUT2D eigenvalue weighted by atomic mass is 16.2. The van der Waals surface area contributed by atoms with Crippen molar-refractivity contribution in [1.29, 1.82) is 5.26 Å². The van der Waals surface area contributed by atoms with Crippen molar-refractivity contribution >= 4 is 0 Å². The number of hydrogen-bond donors (Lipinski definition) is 1. The predicted octanol–water partition coefficient (Wildman–Crippen LogP) is 0.397. The highest BCUT2D eigenvalue weighted by molar-refractivity contribution is 5.48. The number of nitrogens with zero attached hydrogens (tertiary/aromatic N) is 2. The molecular formula is C11H7N3O2. The van der Waals surface area contributed by atoms with E-state index >= 15 is 0 Å². The third kappa shape index (κ3) is 1.64. The van der Waals surface area contributed by atoms with E-state index in [1.807, 2.05) is 6.07 Å². The lowest BCUT2D eigenvalue weighted by Gasteiger charge is -2.05. The normalized spacial score (nSPS) is 9.69. The minimum atomic E-state index is -0.560. The van der Waals surface area contributed by atoms with Crippen molar-refractivity contribution in [2.24, 2.45) is 0 Å². The van der Waals surface area contributed by atoms with E-state index in [2.05, 4.69) is 4.98 Å². The van der Waals surface area contributed by atoms with Crippen molar-refractivity contribution in [3.63, 3.8) is 0 Å². The van der Waals surface area contributed by atoms with Gasteiger partial charge in [0, 0.05) is 12.3 Å². The number of para-hydroxylation sites is 1. The van der Waals surface area contributed by atoms with Crippen molar-refractivity contribution in [3.05, 3.63) is 62.9 Å². The summed E-state index contributed by atoms with van der Waals surface area (Å²) >= 11 is 0. The molecule has 0 unspecified atom stereocenters. The van der Waals surface area contributed by atoms with Crippen LogP contribution >= 0.6 is 0 Å². The Morgan fingerprint density at radius 1 is 1.19 bits per heavy atom. The molecule has 1 aromatic heterocycles. The highest BCUT2D eigenvalue weighted by Gasteiger charge is 2.04. The molecule has 5 nitrogen and oxygen atoms in total. The SMILES string of the molecule is N#Cc1ccccc1-n1ccc(=O)[nH]c1=O. The Balaban J connectivity index is 2.74. The Kier molecular flexibility index (Phi) is 2.40. The first-order valence-electron chi connectivity index (χ1n) is 4.54. The molecule has 5 heteroatoms. The molecule has 0 aliphatic rings. The molecule has 0 spiro atoms. The lowest BCUT2D eigenvalue weighted by molar-refractivity contribution is 0.893. The molecule has 2 rings (SSSR count). The number of aromatic nitrogens is 2. The topological polar surface area (TPSA) is 78.7 Å². The summed E-state index contributed by atoms with van der Waals surface area (Å²) in [5.41, 5.74) is -0.200. The molecule has 1 N–H and O–H groups in total. The number of H-pyrrole nitrogens is 1. The minimum absolute atomic E-state index is 0.372. The van der Waals surface area contributed by atoms with Crippen LogP contribution in [-0.2, 0) is 0 Å². The van der Waals surface area contributed by atoms with Gasteiger partial charge in [-0.1, -0.05) is 12.1 Å². The molecule has 0 saturated carbocycles. The van der Waals surface area contributed by atoms with Crippen LogP contribution in [0.25, 0.3) is 5.69 Å². The van der Waals surface area contributed by atoms with E-state index in [9.17, 15) is 9.59 Å². The van der Waals surface area contributed by atoms with Gasteiger partial charge in [0.15, 0.2) is 0 Å². The van der Waals surface area contributed by atoms with Gasteiger partial charge in [-0.05, 0) is 12.1 Å². The molecule has 0 saturated heterocycles. The summed E-state index contributed by atoms with van der Waals surface area (Å²) in [4.78, 5) is 24.5. The maximum absolute atomic E-state index is 11.5. The maximum atomic E-state index is 11.5. The summed E-state index contributed by atoms with van der Waals surface area (Å²) in [5.74, 6) is 0. The Bertz CT molecular complexity index is 676. The molecule has 0 amide bonds. The molecule has 0 bridgehead atoms. The van der Waals surface area contributed by atoms with Gasteiger partial charge >= 0.3 is 5.69 Å². The van der Waals surface area contributed by atoms with Crippen molar-refractivity contribution < 1.29 is 0 Å². The number of benzene rings is 1. The fraction of sp³-hybridized carbons (Fsp3) is 0. The molecule has 1 aromatic carbocycles. The van der Waals surface area contributed by atoms with Crippen LogP contribution in [0.2, 0.25) is 0 Å². The molecule has 16 heavy (non-hydrogen) atoms. The summed E-state index contributed by atoms with van der Waals surface area (Å²) in [6, 6.07) is 9.88. The zero-order valence-corrected chi connectivity index (χ0v) is 8.18. The molecule has 0 aliphatic heterocycles. The van der Waals surface area contributed by atoms with Crippen molar-refractivity contribution in [3.8, 4) is 11.8 Å². The van der Waals surface area contributed by atoms with Gasteiger partial charge in [0.1, 0.15) is 6.07 Å². The van der Waals surface area contributed by atoms with Crippen LogP contribution in [0.15, 0.2) is 46.1 Å². The monoisotopic (exact) mass is 213 g/mol. The molecular weight excluding hydrogens is 206 g/mol. The van der Waals surface area contributed by atoms with E-state index in [1.54, 1.807) is 24.3 Å². The lowest BCUT2D eigenvalue weighted by atomic mass is 10.2. The fourth-order valence-electron chi connectivity index (χ4n) is 1.39. The third-order valence-electron chi connectivity index (χ3n) is 2.11. The summed E-state index contributed by atoms with van der Waals surface area (Å²) < 4.78 is 1.22. The van der Waals surface area contributed by atoms with Crippen LogP contribution in [0.3, 0.4) is 0 Å². The van der Waals surface area contributed by atoms with Gasteiger partial charge in [-0.25, -0.2) is 4.79 Å². The van der Waals surface area contributed by atoms with E-state index in [4.69, 9.17) is 5.26 Å². The fourth-order valence-corrected chi connectivity index (χ4v) is 1.39. The predicted molar refractivity (Wildman–Crippen MR) is 57.4 cm³/mol. The number of rotatable bonds is 1. The van der Waals surface area contributed by atoms with Gasteiger partial charge < -0.3 is 0 Å². The first kappa shape index (κ1) is 9.93. The van der Waals surface area contributed by atoms with E-state index in [-0.39, 0.29) is 0 Å². The average Bonchev–Trinajstić information content (AvgIpc) is 2.29. The molecule has 1 heterocycles. The second-order valence-electron chi connectivity index (χ2n) is 3.11. The van der Waals surface area contributed by atoms with Crippen LogP contribution in [0, 0.1) is 11.3 Å². The van der Waals surface area contributed by atoms with Gasteiger partial charge in [-0.3, -0.25) is 14.3 Å². The summed E-state index contributed by atoms with van der Waals surface area (Å²) in [7, 11) is 0. The molecule has 0 radical (unpaired) electrons. The number of nitriles is 1. The quantitative estimate of drug-likeness (QED) is 0.744. The van der Waals surface area contributed by atoms with Gasteiger partial charge in [-0.15, -0.1) is 0 Å². The summed E-state index contributed by atoms with van der Waals surface area (Å²) in [6.45, 7) is 0.